The Balaban J connectivity index is 1.81. The van der Waals surface area contributed by atoms with Crippen LogP contribution in [-0.4, -0.2) is 33.9 Å². The zero-order valence-electron chi connectivity index (χ0n) is 15.5. The maximum absolute atomic E-state index is 10.9. The lowest BCUT2D eigenvalue weighted by Gasteiger charge is -2.10. The fourth-order valence-corrected chi connectivity index (χ4v) is 2.93. The topological polar surface area (TPSA) is 82.7 Å². The fourth-order valence-electron chi connectivity index (χ4n) is 2.93. The van der Waals surface area contributed by atoms with Crippen LogP contribution in [-0.2, 0) is 4.79 Å². The number of nitrogens with one attached hydrogen (secondary N) is 3. The molecule has 2 heterocycles. The van der Waals surface area contributed by atoms with Crippen LogP contribution in [0.25, 0.3) is 22.4 Å². The molecule has 3 N–H and O–H groups in total. The van der Waals surface area contributed by atoms with E-state index in [9.17, 15) is 4.79 Å². The molecule has 26 heavy (non-hydrogen) atoms. The van der Waals surface area contributed by atoms with Gasteiger partial charge in [0.25, 0.3) is 0 Å². The summed E-state index contributed by atoms with van der Waals surface area (Å²) in [5.74, 6) is 1.58. The van der Waals surface area contributed by atoms with Gasteiger partial charge in [0.2, 0.25) is 5.91 Å². The van der Waals surface area contributed by atoms with Gasteiger partial charge in [0.15, 0.2) is 5.82 Å². The number of benzene rings is 1. The molecule has 1 amide bonds. The number of aromatic nitrogens is 3. The third-order valence-corrected chi connectivity index (χ3v) is 4.45. The molecular weight excluding hydrogens is 326 g/mol. The van der Waals surface area contributed by atoms with Crippen LogP contribution in [0.2, 0.25) is 0 Å². The van der Waals surface area contributed by atoms with Crippen LogP contribution >= 0.6 is 0 Å². The van der Waals surface area contributed by atoms with Crippen LogP contribution in [0.15, 0.2) is 30.3 Å². The Hall–Kier alpha value is -2.89. The second kappa shape index (κ2) is 7.99. The smallest absolute Gasteiger partial charge is 0.216 e. The van der Waals surface area contributed by atoms with Crippen molar-refractivity contribution in [3.8, 4) is 11.4 Å². The molecule has 0 fully saturated rings. The van der Waals surface area contributed by atoms with E-state index in [1.165, 1.54) is 12.5 Å². The van der Waals surface area contributed by atoms with E-state index in [2.05, 4.69) is 29.5 Å². The second-order valence-electron chi connectivity index (χ2n) is 6.48. The quantitative estimate of drug-likeness (QED) is 0.568. The Morgan fingerprint density at radius 1 is 1.08 bits per heavy atom. The molecule has 0 bridgehead atoms. The number of aromatic amines is 1. The van der Waals surface area contributed by atoms with E-state index in [1.807, 2.05) is 30.3 Å². The molecule has 2 aromatic heterocycles. The Morgan fingerprint density at radius 2 is 1.81 bits per heavy atom. The highest BCUT2D eigenvalue weighted by atomic mass is 16.1. The van der Waals surface area contributed by atoms with Gasteiger partial charge in [-0.2, -0.15) is 0 Å². The van der Waals surface area contributed by atoms with E-state index in [4.69, 9.17) is 9.97 Å². The summed E-state index contributed by atoms with van der Waals surface area (Å²) >= 11 is 0. The number of fused-ring (bicyclic) bond motifs is 1. The van der Waals surface area contributed by atoms with Crippen LogP contribution < -0.4 is 10.6 Å². The minimum Gasteiger partial charge on any atom is -0.369 e. The third kappa shape index (κ3) is 4.02. The van der Waals surface area contributed by atoms with Crippen LogP contribution in [0.5, 0.6) is 0 Å². The van der Waals surface area contributed by atoms with E-state index >= 15 is 0 Å². The first-order valence-corrected chi connectivity index (χ1v) is 8.97. The van der Waals surface area contributed by atoms with Crippen molar-refractivity contribution >= 4 is 22.8 Å². The number of anilines is 1. The van der Waals surface area contributed by atoms with Gasteiger partial charge in [-0.15, -0.1) is 0 Å². The number of H-pyrrole nitrogens is 1. The zero-order valence-corrected chi connectivity index (χ0v) is 15.5. The van der Waals surface area contributed by atoms with Crippen molar-refractivity contribution < 1.29 is 4.79 Å². The molecule has 0 spiro atoms. The summed E-state index contributed by atoms with van der Waals surface area (Å²) in [6.07, 6.45) is 1.88. The van der Waals surface area contributed by atoms with Gasteiger partial charge in [0.1, 0.15) is 11.5 Å². The fraction of sp³-hybridized carbons (Fsp3) is 0.350. The summed E-state index contributed by atoms with van der Waals surface area (Å²) in [6.45, 7) is 7.17. The Kier molecular flexibility index (Phi) is 5.51. The molecular formula is C20H25N5O. The number of nitrogens with zero attached hydrogens (tertiary/aromatic N) is 2. The van der Waals surface area contributed by atoms with Gasteiger partial charge in [-0.05, 0) is 32.3 Å². The molecule has 0 aliphatic heterocycles. The summed E-state index contributed by atoms with van der Waals surface area (Å²) < 4.78 is 0. The summed E-state index contributed by atoms with van der Waals surface area (Å²) in [4.78, 5) is 23.8. The van der Waals surface area contributed by atoms with Gasteiger partial charge >= 0.3 is 0 Å². The van der Waals surface area contributed by atoms with E-state index < -0.39 is 0 Å². The second-order valence-corrected chi connectivity index (χ2v) is 6.48. The van der Waals surface area contributed by atoms with Crippen molar-refractivity contribution in [2.45, 2.75) is 33.6 Å². The molecule has 0 aliphatic rings. The normalized spacial score (nSPS) is 10.9. The van der Waals surface area contributed by atoms with Crippen molar-refractivity contribution in [3.05, 3.63) is 41.6 Å². The summed E-state index contributed by atoms with van der Waals surface area (Å²) in [6, 6.07) is 9.99. The average Bonchev–Trinajstić information content (AvgIpc) is 2.92. The van der Waals surface area contributed by atoms with Gasteiger partial charge in [-0.1, -0.05) is 30.3 Å². The predicted molar refractivity (Wildman–Crippen MR) is 105 cm³/mol. The lowest BCUT2D eigenvalue weighted by Crippen LogP contribution is -2.21. The predicted octanol–water partition coefficient (Wildman–Crippen LogP) is 3.57. The van der Waals surface area contributed by atoms with E-state index in [-0.39, 0.29) is 5.91 Å². The standard InChI is InChI=1S/C20H25N5O/c1-13-14(2)23-20-17(13)19(22-12-8-7-11-21-15(3)26)24-18(25-20)16-9-5-4-6-10-16/h4-6,9-10H,7-8,11-12H2,1-3H3,(H,21,26)(H2,22,23,24,25). The van der Waals surface area contributed by atoms with Crippen molar-refractivity contribution in [1.82, 2.24) is 20.3 Å². The first kappa shape index (κ1) is 17.9. The Bertz CT molecular complexity index is 901. The molecule has 0 saturated heterocycles. The summed E-state index contributed by atoms with van der Waals surface area (Å²) in [7, 11) is 0. The maximum Gasteiger partial charge on any atom is 0.216 e. The first-order chi connectivity index (χ1) is 12.6. The van der Waals surface area contributed by atoms with Crippen molar-refractivity contribution in [1.29, 1.82) is 0 Å². The van der Waals surface area contributed by atoms with E-state index in [0.29, 0.717) is 12.4 Å². The number of aryl methyl sites for hydroxylation is 2. The zero-order chi connectivity index (χ0) is 18.5. The summed E-state index contributed by atoms with van der Waals surface area (Å²) in [5, 5.41) is 7.32. The number of carbonyl (C=O) groups is 1. The van der Waals surface area contributed by atoms with Crippen LogP contribution in [0, 0.1) is 13.8 Å². The number of rotatable bonds is 7. The Labute approximate surface area is 153 Å². The highest BCUT2D eigenvalue weighted by Gasteiger charge is 2.14. The molecule has 6 nitrogen and oxygen atoms in total. The van der Waals surface area contributed by atoms with Gasteiger partial charge in [0.05, 0.1) is 5.39 Å². The van der Waals surface area contributed by atoms with Crippen molar-refractivity contribution in [3.63, 3.8) is 0 Å². The van der Waals surface area contributed by atoms with Crippen molar-refractivity contribution in [2.75, 3.05) is 18.4 Å². The molecule has 0 atom stereocenters. The molecule has 3 rings (SSSR count). The molecule has 1 aromatic carbocycles. The van der Waals surface area contributed by atoms with Crippen LogP contribution in [0.4, 0.5) is 5.82 Å². The lowest BCUT2D eigenvalue weighted by atomic mass is 10.2. The minimum absolute atomic E-state index is 0.0152. The monoisotopic (exact) mass is 351 g/mol. The Morgan fingerprint density at radius 3 is 2.54 bits per heavy atom. The van der Waals surface area contributed by atoms with Gasteiger partial charge < -0.3 is 15.6 Å². The number of hydrogen-bond acceptors (Lipinski definition) is 4. The molecule has 6 heteroatoms. The highest BCUT2D eigenvalue weighted by Crippen LogP contribution is 2.29. The maximum atomic E-state index is 10.9. The number of unbranched alkanes of at least 4 members (excludes halogenated alkanes) is 1. The van der Waals surface area contributed by atoms with Gasteiger partial charge in [-0.3, -0.25) is 4.79 Å². The SMILES string of the molecule is CC(=O)NCCCCNc1nc(-c2ccccc2)nc2[nH]c(C)c(C)c12. The average molecular weight is 351 g/mol. The largest absolute Gasteiger partial charge is 0.369 e. The first-order valence-electron chi connectivity index (χ1n) is 8.97. The number of hydrogen-bond donors (Lipinski definition) is 3. The number of carbonyl (C=O) groups excluding carboxylic acids is 1. The van der Waals surface area contributed by atoms with Crippen LogP contribution in [0.3, 0.4) is 0 Å². The van der Waals surface area contributed by atoms with Crippen LogP contribution in [0.1, 0.15) is 31.0 Å². The molecule has 0 aliphatic carbocycles. The van der Waals surface area contributed by atoms with Gasteiger partial charge in [0, 0.05) is 31.3 Å². The number of amides is 1. The third-order valence-electron chi connectivity index (χ3n) is 4.45. The molecule has 0 radical (unpaired) electrons. The van der Waals surface area contributed by atoms with E-state index in [1.54, 1.807) is 0 Å². The van der Waals surface area contributed by atoms with Crippen molar-refractivity contribution in [2.24, 2.45) is 0 Å². The molecule has 0 saturated carbocycles. The summed E-state index contributed by atoms with van der Waals surface area (Å²) in [5.41, 5.74) is 4.12. The molecule has 0 unspecified atom stereocenters. The molecule has 136 valence electrons. The van der Waals surface area contributed by atoms with Gasteiger partial charge in [-0.25, -0.2) is 9.97 Å². The lowest BCUT2D eigenvalue weighted by molar-refractivity contribution is -0.118. The highest BCUT2D eigenvalue weighted by molar-refractivity contribution is 5.92. The molecule has 3 aromatic rings. The van der Waals surface area contributed by atoms with E-state index in [0.717, 1.165) is 47.5 Å². The minimum atomic E-state index is 0.0152.